The Morgan fingerprint density at radius 2 is 2.14 bits per heavy atom. The fourth-order valence-electron chi connectivity index (χ4n) is 2.19. The molecule has 1 aliphatic rings. The minimum Gasteiger partial charge on any atom is -0.493 e. The number of anilines is 1. The molecular weight excluding hydrogens is 282 g/mol. The van der Waals surface area contributed by atoms with Crippen LogP contribution in [0, 0.1) is 5.41 Å². The van der Waals surface area contributed by atoms with Crippen LogP contribution in [0.15, 0.2) is 23.2 Å². The largest absolute Gasteiger partial charge is 0.493 e. The molecule has 1 saturated heterocycles. The van der Waals surface area contributed by atoms with Crippen molar-refractivity contribution in [2.45, 2.75) is 13.8 Å². The number of rotatable bonds is 6. The second-order valence-electron chi connectivity index (χ2n) is 5.65. The molecule has 1 aromatic carbocycles. The average molecular weight is 307 g/mol. The predicted molar refractivity (Wildman–Crippen MR) is 88.1 cm³/mol. The molecule has 1 aliphatic heterocycles. The molecule has 1 heterocycles. The van der Waals surface area contributed by atoms with E-state index in [1.807, 2.05) is 25.1 Å². The van der Waals surface area contributed by atoms with E-state index in [1.54, 1.807) is 14.2 Å². The third kappa shape index (κ3) is 4.04. The molecule has 6 nitrogen and oxygen atoms in total. The van der Waals surface area contributed by atoms with Crippen molar-refractivity contribution in [3.63, 3.8) is 0 Å². The summed E-state index contributed by atoms with van der Waals surface area (Å²) in [6.45, 7) is 7.12. The molecule has 6 heteroatoms. The number of ether oxygens (including phenoxy) is 3. The maximum atomic E-state index is 5.58. The quantitative estimate of drug-likeness (QED) is 0.622. The molecular formula is C16H25N3O3. The lowest BCUT2D eigenvalue weighted by Gasteiger charge is -2.38. The van der Waals surface area contributed by atoms with Crippen molar-refractivity contribution in [3.8, 4) is 11.5 Å². The molecule has 1 aromatic rings. The van der Waals surface area contributed by atoms with Gasteiger partial charge in [0.1, 0.15) is 0 Å². The van der Waals surface area contributed by atoms with Gasteiger partial charge in [0.05, 0.1) is 26.9 Å². The highest BCUT2D eigenvalue weighted by molar-refractivity contribution is 5.93. The lowest BCUT2D eigenvalue weighted by Crippen LogP contribution is -2.49. The second kappa shape index (κ2) is 7.35. The van der Waals surface area contributed by atoms with E-state index in [0.717, 1.165) is 37.2 Å². The van der Waals surface area contributed by atoms with E-state index in [0.29, 0.717) is 12.4 Å². The molecule has 0 amide bonds. The third-order valence-corrected chi connectivity index (χ3v) is 3.53. The van der Waals surface area contributed by atoms with Gasteiger partial charge in [0.2, 0.25) is 0 Å². The van der Waals surface area contributed by atoms with E-state index in [-0.39, 0.29) is 5.41 Å². The summed E-state index contributed by atoms with van der Waals surface area (Å²) in [6, 6.07) is 5.72. The number of hydrogen-bond acceptors (Lipinski definition) is 4. The molecule has 1 fully saturated rings. The van der Waals surface area contributed by atoms with E-state index >= 15 is 0 Å². The smallest absolute Gasteiger partial charge is 0.195 e. The average Bonchev–Trinajstić information content (AvgIpc) is 2.50. The van der Waals surface area contributed by atoms with E-state index in [1.165, 1.54) is 0 Å². The van der Waals surface area contributed by atoms with Gasteiger partial charge in [-0.15, -0.1) is 0 Å². The van der Waals surface area contributed by atoms with Crippen LogP contribution >= 0.6 is 0 Å². The van der Waals surface area contributed by atoms with Crippen molar-refractivity contribution in [1.29, 1.82) is 0 Å². The van der Waals surface area contributed by atoms with E-state index in [9.17, 15) is 0 Å². The van der Waals surface area contributed by atoms with Gasteiger partial charge in [-0.3, -0.25) is 4.99 Å². The van der Waals surface area contributed by atoms with Crippen molar-refractivity contribution < 1.29 is 14.2 Å². The highest BCUT2D eigenvalue weighted by Gasteiger charge is 2.33. The van der Waals surface area contributed by atoms with Gasteiger partial charge in [-0.2, -0.15) is 0 Å². The van der Waals surface area contributed by atoms with Crippen LogP contribution in [0.3, 0.4) is 0 Å². The Morgan fingerprint density at radius 3 is 2.68 bits per heavy atom. The standard InChI is InChI=1S/C16H25N3O3/c1-5-22-14-8-12(6-7-13(14)20-4)19-15(17-3)18-9-16(2)10-21-11-16/h6-8H,5,9-11H2,1-4H3,(H2,17,18,19). The van der Waals surface area contributed by atoms with Crippen molar-refractivity contribution >= 4 is 11.6 Å². The van der Waals surface area contributed by atoms with Gasteiger partial charge in [0.15, 0.2) is 17.5 Å². The molecule has 0 bridgehead atoms. The van der Waals surface area contributed by atoms with Crippen LogP contribution in [0.4, 0.5) is 5.69 Å². The van der Waals surface area contributed by atoms with Gasteiger partial charge >= 0.3 is 0 Å². The third-order valence-electron chi connectivity index (χ3n) is 3.53. The van der Waals surface area contributed by atoms with Crippen molar-refractivity contribution in [3.05, 3.63) is 18.2 Å². The second-order valence-corrected chi connectivity index (χ2v) is 5.65. The van der Waals surface area contributed by atoms with E-state index in [2.05, 4.69) is 22.5 Å². The van der Waals surface area contributed by atoms with Crippen molar-refractivity contribution in [1.82, 2.24) is 5.32 Å². The summed E-state index contributed by atoms with van der Waals surface area (Å²) >= 11 is 0. The fourth-order valence-corrected chi connectivity index (χ4v) is 2.19. The molecule has 2 rings (SSSR count). The van der Waals surface area contributed by atoms with Crippen LogP contribution in [0.5, 0.6) is 11.5 Å². The van der Waals surface area contributed by atoms with Crippen LogP contribution in [0.1, 0.15) is 13.8 Å². The Bertz CT molecular complexity index is 527. The predicted octanol–water partition coefficient (Wildman–Crippen LogP) is 2.12. The zero-order valence-corrected chi connectivity index (χ0v) is 13.7. The number of nitrogens with one attached hydrogen (secondary N) is 2. The van der Waals surface area contributed by atoms with Crippen LogP contribution in [0.2, 0.25) is 0 Å². The molecule has 122 valence electrons. The van der Waals surface area contributed by atoms with Crippen molar-refractivity contribution in [2.24, 2.45) is 10.4 Å². The Hall–Kier alpha value is -1.95. The number of aliphatic imine (C=N–C) groups is 1. The first-order chi connectivity index (χ1) is 10.6. The maximum Gasteiger partial charge on any atom is 0.195 e. The Kier molecular flexibility index (Phi) is 5.49. The summed E-state index contributed by atoms with van der Waals surface area (Å²) < 4.78 is 16.1. The summed E-state index contributed by atoms with van der Waals surface area (Å²) in [5.41, 5.74) is 1.08. The van der Waals surface area contributed by atoms with Crippen LogP contribution < -0.4 is 20.1 Å². The highest BCUT2D eigenvalue weighted by Crippen LogP contribution is 2.30. The monoisotopic (exact) mass is 307 g/mol. The number of hydrogen-bond donors (Lipinski definition) is 2. The van der Waals surface area contributed by atoms with Crippen molar-refractivity contribution in [2.75, 3.05) is 45.8 Å². The molecule has 2 N–H and O–H groups in total. The number of guanidine groups is 1. The summed E-state index contributed by atoms with van der Waals surface area (Å²) in [5.74, 6) is 2.15. The lowest BCUT2D eigenvalue weighted by atomic mass is 9.89. The highest BCUT2D eigenvalue weighted by atomic mass is 16.5. The molecule has 0 spiro atoms. The minimum absolute atomic E-state index is 0.189. The first kappa shape index (κ1) is 16.4. The van der Waals surface area contributed by atoms with Gasteiger partial charge in [0, 0.05) is 30.8 Å². The SMILES string of the molecule is CCOc1cc(NC(=NC)NCC2(C)COC2)ccc1OC. The zero-order valence-electron chi connectivity index (χ0n) is 13.7. The molecule has 22 heavy (non-hydrogen) atoms. The van der Waals surface area contributed by atoms with Crippen LogP contribution in [0.25, 0.3) is 0 Å². The Morgan fingerprint density at radius 1 is 1.36 bits per heavy atom. The summed E-state index contributed by atoms with van der Waals surface area (Å²) in [5, 5.41) is 6.59. The van der Waals surface area contributed by atoms with Gasteiger partial charge in [0.25, 0.3) is 0 Å². The molecule has 0 atom stereocenters. The molecule has 0 unspecified atom stereocenters. The molecule has 0 radical (unpaired) electrons. The number of benzene rings is 1. The van der Waals surface area contributed by atoms with Gasteiger partial charge < -0.3 is 24.8 Å². The molecule has 0 saturated carbocycles. The lowest BCUT2D eigenvalue weighted by molar-refractivity contribution is -0.0970. The summed E-state index contributed by atoms with van der Waals surface area (Å²) in [4.78, 5) is 4.24. The van der Waals surface area contributed by atoms with Gasteiger partial charge in [-0.05, 0) is 19.1 Å². The first-order valence-corrected chi connectivity index (χ1v) is 7.46. The summed E-state index contributed by atoms with van der Waals surface area (Å²) in [6.07, 6.45) is 0. The molecule has 0 aliphatic carbocycles. The van der Waals surface area contributed by atoms with Gasteiger partial charge in [-0.1, -0.05) is 6.92 Å². The topological polar surface area (TPSA) is 64.1 Å². The number of methoxy groups -OCH3 is 1. The van der Waals surface area contributed by atoms with Crippen LogP contribution in [-0.2, 0) is 4.74 Å². The molecule has 0 aromatic heterocycles. The first-order valence-electron chi connectivity index (χ1n) is 7.46. The Labute approximate surface area is 131 Å². The summed E-state index contributed by atoms with van der Waals surface area (Å²) in [7, 11) is 3.38. The van der Waals surface area contributed by atoms with Gasteiger partial charge in [-0.25, -0.2) is 0 Å². The van der Waals surface area contributed by atoms with E-state index in [4.69, 9.17) is 14.2 Å². The normalized spacial score (nSPS) is 16.6. The maximum absolute atomic E-state index is 5.58. The minimum atomic E-state index is 0.189. The fraction of sp³-hybridized carbons (Fsp3) is 0.562. The zero-order chi connectivity index (χ0) is 16.0. The Balaban J connectivity index is 1.99. The van der Waals surface area contributed by atoms with E-state index < -0.39 is 0 Å². The number of nitrogens with zero attached hydrogens (tertiary/aromatic N) is 1. The van der Waals surface area contributed by atoms with Crippen LogP contribution in [-0.4, -0.2) is 46.5 Å².